The van der Waals surface area contributed by atoms with Gasteiger partial charge in [-0.15, -0.1) is 11.3 Å². The third kappa shape index (κ3) is 3.42. The van der Waals surface area contributed by atoms with E-state index in [2.05, 4.69) is 47.8 Å². The van der Waals surface area contributed by atoms with Crippen LogP contribution in [0.25, 0.3) is 0 Å². The van der Waals surface area contributed by atoms with E-state index < -0.39 is 0 Å². The molecule has 2 N–H and O–H groups in total. The van der Waals surface area contributed by atoms with Crippen molar-refractivity contribution < 1.29 is 0 Å². The van der Waals surface area contributed by atoms with E-state index in [0.29, 0.717) is 12.4 Å². The van der Waals surface area contributed by atoms with Crippen molar-refractivity contribution in [3.05, 3.63) is 20.8 Å². The van der Waals surface area contributed by atoms with Gasteiger partial charge >= 0.3 is 0 Å². The summed E-state index contributed by atoms with van der Waals surface area (Å²) in [6.07, 6.45) is 0. The lowest BCUT2D eigenvalue weighted by molar-refractivity contribution is 0.581. The molecular weight excluding hydrogens is 260 g/mol. The molecule has 0 aliphatic rings. The van der Waals surface area contributed by atoms with Crippen molar-refractivity contribution in [3.8, 4) is 0 Å². The lowest BCUT2D eigenvalue weighted by Crippen LogP contribution is -2.28. The Morgan fingerprint density at radius 1 is 1.50 bits per heavy atom. The zero-order chi connectivity index (χ0) is 10.8. The van der Waals surface area contributed by atoms with Crippen molar-refractivity contribution in [2.24, 2.45) is 16.1 Å². The number of halogens is 1. The monoisotopic (exact) mass is 274 g/mol. The quantitative estimate of drug-likeness (QED) is 0.652. The van der Waals surface area contributed by atoms with Gasteiger partial charge in [-0.1, -0.05) is 20.8 Å². The number of rotatable bonds is 2. The molecule has 0 bridgehead atoms. The Morgan fingerprint density at radius 3 is 2.57 bits per heavy atom. The van der Waals surface area contributed by atoms with Gasteiger partial charge in [0, 0.05) is 10.3 Å². The average molecular weight is 275 g/mol. The van der Waals surface area contributed by atoms with Gasteiger partial charge in [-0.05, 0) is 28.1 Å². The van der Waals surface area contributed by atoms with Gasteiger partial charge in [0.1, 0.15) is 0 Å². The molecule has 1 aromatic rings. The minimum Gasteiger partial charge on any atom is -0.387 e. The molecule has 0 fully saturated rings. The molecule has 0 aromatic carbocycles. The van der Waals surface area contributed by atoms with Gasteiger partial charge in [0.05, 0.1) is 16.2 Å². The Morgan fingerprint density at radius 2 is 2.14 bits per heavy atom. The lowest BCUT2D eigenvalue weighted by Gasteiger charge is -2.16. The van der Waals surface area contributed by atoms with Crippen LogP contribution in [0.1, 0.15) is 25.6 Å². The van der Waals surface area contributed by atoms with Gasteiger partial charge in [0.15, 0.2) is 0 Å². The van der Waals surface area contributed by atoms with Crippen LogP contribution in [0.3, 0.4) is 0 Å². The third-order valence-corrected chi connectivity index (χ3v) is 3.41. The van der Waals surface area contributed by atoms with E-state index in [9.17, 15) is 0 Å². The first kappa shape index (κ1) is 11.7. The molecule has 14 heavy (non-hydrogen) atoms. The number of hydrogen-bond donors (Lipinski definition) is 1. The second kappa shape index (κ2) is 4.45. The van der Waals surface area contributed by atoms with Gasteiger partial charge in [-0.2, -0.15) is 0 Å². The number of aliphatic imine (C=N–C) groups is 1. The second-order valence-electron chi connectivity index (χ2n) is 4.16. The molecule has 0 saturated carbocycles. The molecular formula is C10H15BrN2S. The molecule has 0 atom stereocenters. The molecule has 1 aromatic heterocycles. The standard InChI is InChI=1S/C10H15BrN2S/c1-10(2,3)9(12)13-6-7-4-5-8(11)14-7/h4-5H,6H2,1-3H3,(H2,12,13). The van der Waals surface area contributed by atoms with Crippen LogP contribution in [0.2, 0.25) is 0 Å². The number of thiophene rings is 1. The van der Waals surface area contributed by atoms with Gasteiger partial charge < -0.3 is 5.73 Å². The van der Waals surface area contributed by atoms with Crippen LogP contribution in [0, 0.1) is 5.41 Å². The maximum Gasteiger partial charge on any atom is 0.0995 e. The first-order valence-corrected chi connectivity index (χ1v) is 6.05. The molecule has 78 valence electrons. The zero-order valence-corrected chi connectivity index (χ0v) is 11.1. The van der Waals surface area contributed by atoms with Gasteiger partial charge in [-0.3, -0.25) is 4.99 Å². The summed E-state index contributed by atoms with van der Waals surface area (Å²) in [5, 5.41) is 0. The van der Waals surface area contributed by atoms with Gasteiger partial charge in [0.2, 0.25) is 0 Å². The maximum absolute atomic E-state index is 5.85. The topological polar surface area (TPSA) is 38.4 Å². The summed E-state index contributed by atoms with van der Waals surface area (Å²) in [4.78, 5) is 5.59. The number of nitrogens with zero attached hydrogens (tertiary/aromatic N) is 1. The Labute approximate surface area is 97.4 Å². The van der Waals surface area contributed by atoms with Crippen molar-refractivity contribution in [1.82, 2.24) is 0 Å². The molecule has 1 heterocycles. The Balaban J connectivity index is 2.64. The summed E-state index contributed by atoms with van der Waals surface area (Å²) in [7, 11) is 0. The first-order valence-electron chi connectivity index (χ1n) is 4.44. The van der Waals surface area contributed by atoms with Crippen molar-refractivity contribution in [3.63, 3.8) is 0 Å². The molecule has 0 aliphatic heterocycles. The fourth-order valence-corrected chi connectivity index (χ4v) is 2.24. The summed E-state index contributed by atoms with van der Waals surface area (Å²) in [6.45, 7) is 6.88. The Hall–Kier alpha value is -0.350. The highest BCUT2D eigenvalue weighted by atomic mass is 79.9. The van der Waals surface area contributed by atoms with Crippen molar-refractivity contribution in [1.29, 1.82) is 0 Å². The van der Waals surface area contributed by atoms with Crippen LogP contribution in [-0.2, 0) is 6.54 Å². The molecule has 0 amide bonds. The van der Waals surface area contributed by atoms with Gasteiger partial charge in [-0.25, -0.2) is 0 Å². The van der Waals surface area contributed by atoms with Crippen LogP contribution < -0.4 is 5.73 Å². The third-order valence-electron chi connectivity index (χ3n) is 1.80. The smallest absolute Gasteiger partial charge is 0.0995 e. The summed E-state index contributed by atoms with van der Waals surface area (Å²) in [6, 6.07) is 4.09. The largest absolute Gasteiger partial charge is 0.387 e. The number of amidine groups is 1. The highest BCUT2D eigenvalue weighted by Gasteiger charge is 2.14. The molecule has 4 heteroatoms. The van der Waals surface area contributed by atoms with Crippen molar-refractivity contribution in [2.45, 2.75) is 27.3 Å². The Kier molecular flexibility index (Phi) is 3.72. The van der Waals surface area contributed by atoms with E-state index in [1.807, 2.05) is 6.07 Å². The van der Waals surface area contributed by atoms with Crippen molar-refractivity contribution >= 4 is 33.1 Å². The minimum atomic E-state index is -0.0332. The second-order valence-corrected chi connectivity index (χ2v) is 6.70. The SMILES string of the molecule is CC(C)(C)C(N)=NCc1ccc(Br)s1. The normalized spacial score (nSPS) is 13.3. The molecule has 2 nitrogen and oxygen atoms in total. The van der Waals surface area contributed by atoms with Gasteiger partial charge in [0.25, 0.3) is 0 Å². The van der Waals surface area contributed by atoms with Crippen LogP contribution in [0.15, 0.2) is 20.9 Å². The predicted molar refractivity (Wildman–Crippen MR) is 66.8 cm³/mol. The summed E-state index contributed by atoms with van der Waals surface area (Å²) >= 11 is 5.11. The maximum atomic E-state index is 5.85. The molecule has 1 rings (SSSR count). The van der Waals surface area contributed by atoms with E-state index >= 15 is 0 Å². The van der Waals surface area contributed by atoms with E-state index in [-0.39, 0.29) is 5.41 Å². The zero-order valence-electron chi connectivity index (χ0n) is 8.67. The summed E-state index contributed by atoms with van der Waals surface area (Å²) in [5.74, 6) is 0.710. The first-order chi connectivity index (χ1) is 6.39. The highest BCUT2D eigenvalue weighted by Crippen LogP contribution is 2.23. The minimum absolute atomic E-state index is 0.0332. The fraction of sp³-hybridized carbons (Fsp3) is 0.500. The Bertz CT molecular complexity index is 336. The summed E-state index contributed by atoms with van der Waals surface area (Å²) < 4.78 is 1.14. The molecule has 0 spiro atoms. The van der Waals surface area contributed by atoms with Crippen LogP contribution in [-0.4, -0.2) is 5.84 Å². The molecule has 0 aliphatic carbocycles. The van der Waals surface area contributed by atoms with E-state index in [0.717, 1.165) is 3.79 Å². The molecule has 0 unspecified atom stereocenters. The van der Waals surface area contributed by atoms with Crippen LogP contribution in [0.5, 0.6) is 0 Å². The fourth-order valence-electron chi connectivity index (χ4n) is 0.837. The van der Waals surface area contributed by atoms with Crippen LogP contribution >= 0.6 is 27.3 Å². The summed E-state index contributed by atoms with van der Waals surface area (Å²) in [5.41, 5.74) is 5.82. The van der Waals surface area contributed by atoms with E-state index in [1.165, 1.54) is 4.88 Å². The highest BCUT2D eigenvalue weighted by molar-refractivity contribution is 9.11. The average Bonchev–Trinajstić information content (AvgIpc) is 2.45. The number of hydrogen-bond acceptors (Lipinski definition) is 2. The number of nitrogens with two attached hydrogens (primary N) is 1. The predicted octanol–water partition coefficient (Wildman–Crippen LogP) is 3.41. The van der Waals surface area contributed by atoms with Crippen molar-refractivity contribution in [2.75, 3.05) is 0 Å². The van der Waals surface area contributed by atoms with Crippen LogP contribution in [0.4, 0.5) is 0 Å². The lowest BCUT2D eigenvalue weighted by atomic mass is 9.95. The molecule has 0 saturated heterocycles. The van der Waals surface area contributed by atoms with E-state index in [4.69, 9.17) is 5.73 Å². The van der Waals surface area contributed by atoms with E-state index in [1.54, 1.807) is 11.3 Å². The molecule has 0 radical (unpaired) electrons.